The number of nitrogens with zero attached hydrogens (tertiary/aromatic N) is 3. The van der Waals surface area contributed by atoms with E-state index >= 15 is 0 Å². The van der Waals surface area contributed by atoms with Crippen molar-refractivity contribution in [1.29, 1.82) is 0 Å². The summed E-state index contributed by atoms with van der Waals surface area (Å²) in [4.78, 5) is 6.21. The van der Waals surface area contributed by atoms with Gasteiger partial charge in [-0.15, -0.1) is 11.3 Å². The number of aromatic nitrogens is 3. The van der Waals surface area contributed by atoms with Crippen LogP contribution in [0.5, 0.6) is 0 Å². The van der Waals surface area contributed by atoms with Gasteiger partial charge in [0.15, 0.2) is 0 Å². The van der Waals surface area contributed by atoms with Gasteiger partial charge in [0.2, 0.25) is 0 Å². The monoisotopic (exact) mass is 276 g/mol. The first-order chi connectivity index (χ1) is 9.19. The minimum absolute atomic E-state index is 0.126. The second-order valence-electron chi connectivity index (χ2n) is 5.17. The van der Waals surface area contributed by atoms with Crippen LogP contribution in [-0.2, 0) is 26.3 Å². The molecule has 0 radical (unpaired) electrons. The summed E-state index contributed by atoms with van der Waals surface area (Å²) in [6, 6.07) is -0.126. The molecule has 2 heterocycles. The summed E-state index contributed by atoms with van der Waals surface area (Å²) in [5.74, 6) is 0. The Bertz CT molecular complexity index is 561. The molecule has 0 bridgehead atoms. The summed E-state index contributed by atoms with van der Waals surface area (Å²) in [5, 5.41) is 5.52. The molecule has 2 aromatic rings. The predicted molar refractivity (Wildman–Crippen MR) is 77.4 cm³/mol. The average Bonchev–Trinajstić information content (AvgIpc) is 3.00. The number of aryl methyl sites for hydroxylation is 4. The Morgan fingerprint density at radius 2 is 2.21 bits per heavy atom. The van der Waals surface area contributed by atoms with Crippen molar-refractivity contribution in [1.82, 2.24) is 14.8 Å². The Morgan fingerprint density at radius 1 is 1.42 bits per heavy atom. The Hall–Kier alpha value is -1.20. The summed E-state index contributed by atoms with van der Waals surface area (Å²) in [5.41, 5.74) is 9.90. The van der Waals surface area contributed by atoms with Gasteiger partial charge in [0.25, 0.3) is 0 Å². The maximum atomic E-state index is 6.41. The molecule has 1 aliphatic carbocycles. The molecule has 0 spiro atoms. The van der Waals surface area contributed by atoms with Gasteiger partial charge < -0.3 is 5.73 Å². The van der Waals surface area contributed by atoms with Crippen molar-refractivity contribution in [2.24, 2.45) is 12.8 Å². The number of rotatable bonds is 3. The number of thiazole rings is 1. The molecule has 102 valence electrons. The van der Waals surface area contributed by atoms with Crippen molar-refractivity contribution in [3.8, 4) is 0 Å². The molecule has 0 aromatic carbocycles. The fraction of sp³-hybridized carbons (Fsp3) is 0.571. The van der Waals surface area contributed by atoms with Crippen molar-refractivity contribution in [3.63, 3.8) is 0 Å². The Balaban J connectivity index is 1.94. The maximum absolute atomic E-state index is 6.41. The highest BCUT2D eigenvalue weighted by Crippen LogP contribution is 2.32. The average molecular weight is 276 g/mol. The third-order valence-electron chi connectivity index (χ3n) is 3.74. The fourth-order valence-electron chi connectivity index (χ4n) is 2.73. The molecule has 3 rings (SSSR count). The molecule has 1 aliphatic rings. The van der Waals surface area contributed by atoms with Gasteiger partial charge in [-0.05, 0) is 32.1 Å². The molecule has 2 N–H and O–H groups in total. The fourth-order valence-corrected chi connectivity index (χ4v) is 3.90. The molecule has 2 aromatic heterocycles. The van der Waals surface area contributed by atoms with E-state index < -0.39 is 0 Å². The molecule has 0 saturated carbocycles. The summed E-state index contributed by atoms with van der Waals surface area (Å²) < 4.78 is 1.85. The molecule has 1 atom stereocenters. The van der Waals surface area contributed by atoms with Crippen LogP contribution in [0.15, 0.2) is 6.20 Å². The highest BCUT2D eigenvalue weighted by Gasteiger charge is 2.22. The van der Waals surface area contributed by atoms with Crippen LogP contribution >= 0.6 is 11.3 Å². The van der Waals surface area contributed by atoms with E-state index in [9.17, 15) is 0 Å². The maximum Gasteiger partial charge on any atom is 0.115 e. The Kier molecular flexibility index (Phi) is 3.41. The first-order valence-electron chi connectivity index (χ1n) is 6.95. The van der Waals surface area contributed by atoms with Crippen molar-refractivity contribution in [3.05, 3.63) is 33.0 Å². The summed E-state index contributed by atoms with van der Waals surface area (Å²) in [6.45, 7) is 2.12. The molecule has 19 heavy (non-hydrogen) atoms. The van der Waals surface area contributed by atoms with Gasteiger partial charge in [-0.3, -0.25) is 4.68 Å². The zero-order chi connectivity index (χ0) is 13.4. The Labute approximate surface area is 117 Å². The first kappa shape index (κ1) is 12.8. The van der Waals surface area contributed by atoms with Crippen LogP contribution in [0.25, 0.3) is 0 Å². The number of hydrogen-bond acceptors (Lipinski definition) is 4. The number of fused-ring (bicyclic) bond motifs is 1. The van der Waals surface area contributed by atoms with Gasteiger partial charge >= 0.3 is 0 Å². The number of hydrogen-bond donors (Lipinski definition) is 1. The van der Waals surface area contributed by atoms with Gasteiger partial charge in [0, 0.05) is 23.7 Å². The van der Waals surface area contributed by atoms with E-state index in [0.717, 1.165) is 29.1 Å². The normalized spacial score (nSPS) is 16.4. The summed E-state index contributed by atoms with van der Waals surface area (Å²) in [6.07, 6.45) is 7.79. The van der Waals surface area contributed by atoms with Crippen LogP contribution in [0.1, 0.15) is 52.6 Å². The first-order valence-corrected chi connectivity index (χ1v) is 7.77. The zero-order valence-corrected chi connectivity index (χ0v) is 12.3. The standard InChI is InChI=1S/C14H20N4S/c1-3-10-9(8-18(2)17-10)13(15)14-16-11-6-4-5-7-12(11)19-14/h8,13H,3-7,15H2,1-2H3. The van der Waals surface area contributed by atoms with E-state index in [4.69, 9.17) is 10.7 Å². The minimum Gasteiger partial charge on any atom is -0.318 e. The van der Waals surface area contributed by atoms with Gasteiger partial charge in [-0.2, -0.15) is 5.10 Å². The molecule has 0 saturated heterocycles. The smallest absolute Gasteiger partial charge is 0.115 e. The molecular formula is C14H20N4S. The van der Waals surface area contributed by atoms with E-state index in [0.29, 0.717) is 0 Å². The zero-order valence-electron chi connectivity index (χ0n) is 11.5. The predicted octanol–water partition coefficient (Wildman–Crippen LogP) is 2.37. The second-order valence-corrected chi connectivity index (χ2v) is 6.28. The van der Waals surface area contributed by atoms with Crippen LogP contribution in [0, 0.1) is 0 Å². The van der Waals surface area contributed by atoms with E-state index in [1.807, 2.05) is 17.9 Å². The van der Waals surface area contributed by atoms with Crippen LogP contribution in [0.4, 0.5) is 0 Å². The van der Waals surface area contributed by atoms with Gasteiger partial charge in [0.1, 0.15) is 5.01 Å². The third-order valence-corrected chi connectivity index (χ3v) is 4.98. The molecule has 0 fully saturated rings. The van der Waals surface area contributed by atoms with E-state index in [2.05, 4.69) is 12.0 Å². The molecular weight excluding hydrogens is 256 g/mol. The van der Waals surface area contributed by atoms with Crippen LogP contribution in [-0.4, -0.2) is 14.8 Å². The molecule has 5 heteroatoms. The molecule has 1 unspecified atom stereocenters. The van der Waals surface area contributed by atoms with Crippen LogP contribution in [0.2, 0.25) is 0 Å². The quantitative estimate of drug-likeness (QED) is 0.936. The van der Waals surface area contributed by atoms with Crippen LogP contribution < -0.4 is 5.73 Å². The van der Waals surface area contributed by atoms with E-state index in [-0.39, 0.29) is 6.04 Å². The lowest BCUT2D eigenvalue weighted by Crippen LogP contribution is -2.13. The van der Waals surface area contributed by atoms with E-state index in [1.165, 1.54) is 29.8 Å². The topological polar surface area (TPSA) is 56.7 Å². The van der Waals surface area contributed by atoms with Gasteiger partial charge in [-0.1, -0.05) is 6.92 Å². The van der Waals surface area contributed by atoms with Crippen LogP contribution in [0.3, 0.4) is 0 Å². The molecule has 4 nitrogen and oxygen atoms in total. The summed E-state index contributed by atoms with van der Waals surface area (Å²) in [7, 11) is 1.95. The molecule has 0 amide bonds. The van der Waals surface area contributed by atoms with Gasteiger partial charge in [0.05, 0.1) is 17.4 Å². The largest absolute Gasteiger partial charge is 0.318 e. The lowest BCUT2D eigenvalue weighted by Gasteiger charge is -2.07. The van der Waals surface area contributed by atoms with Crippen molar-refractivity contribution in [2.45, 2.75) is 45.1 Å². The van der Waals surface area contributed by atoms with Gasteiger partial charge in [-0.25, -0.2) is 4.98 Å². The van der Waals surface area contributed by atoms with Crippen molar-refractivity contribution >= 4 is 11.3 Å². The third kappa shape index (κ3) is 2.32. The lowest BCUT2D eigenvalue weighted by atomic mass is 10.0. The Morgan fingerprint density at radius 3 is 2.95 bits per heavy atom. The molecule has 0 aliphatic heterocycles. The van der Waals surface area contributed by atoms with Crippen molar-refractivity contribution in [2.75, 3.05) is 0 Å². The summed E-state index contributed by atoms with van der Waals surface area (Å²) >= 11 is 1.79. The second kappa shape index (κ2) is 5.06. The minimum atomic E-state index is -0.126. The highest BCUT2D eigenvalue weighted by atomic mass is 32.1. The number of nitrogens with two attached hydrogens (primary N) is 1. The highest BCUT2D eigenvalue weighted by molar-refractivity contribution is 7.11. The van der Waals surface area contributed by atoms with Crippen molar-refractivity contribution < 1.29 is 0 Å². The lowest BCUT2D eigenvalue weighted by molar-refractivity contribution is 0.678. The SMILES string of the molecule is CCc1nn(C)cc1C(N)c1nc2c(s1)CCCC2. The van der Waals surface area contributed by atoms with E-state index in [1.54, 1.807) is 11.3 Å².